The number of nitrogens with one attached hydrogen (secondary N) is 1. The molecule has 5 heteroatoms. The van der Waals surface area contributed by atoms with Crippen LogP contribution in [0.3, 0.4) is 0 Å². The van der Waals surface area contributed by atoms with Gasteiger partial charge in [0.25, 0.3) is 0 Å². The molecule has 0 amide bonds. The summed E-state index contributed by atoms with van der Waals surface area (Å²) in [5.74, 6) is 0. The van der Waals surface area contributed by atoms with Gasteiger partial charge in [0.2, 0.25) is 0 Å². The summed E-state index contributed by atoms with van der Waals surface area (Å²) in [6.07, 6.45) is -0.373. The number of likely N-dealkylation sites (N-methyl/N-ethyl adjacent to an activating group) is 1. The zero-order chi connectivity index (χ0) is 13.1. The SMILES string of the molecule is CNCC(O)C(O)c1cnc(Cl)c2ccccc12. The largest absolute Gasteiger partial charge is 0.389 e. The minimum Gasteiger partial charge on any atom is -0.389 e. The van der Waals surface area contributed by atoms with Crippen molar-refractivity contribution in [2.45, 2.75) is 12.2 Å². The van der Waals surface area contributed by atoms with Gasteiger partial charge in [0.15, 0.2) is 0 Å². The molecule has 1 aromatic carbocycles. The van der Waals surface area contributed by atoms with Gasteiger partial charge in [0, 0.05) is 23.7 Å². The van der Waals surface area contributed by atoms with Gasteiger partial charge in [-0.1, -0.05) is 35.9 Å². The average Bonchev–Trinajstić information content (AvgIpc) is 2.39. The van der Waals surface area contributed by atoms with Crippen molar-refractivity contribution in [3.05, 3.63) is 41.2 Å². The number of fused-ring (bicyclic) bond motifs is 1. The molecule has 3 N–H and O–H groups in total. The predicted molar refractivity (Wildman–Crippen MR) is 71.6 cm³/mol. The van der Waals surface area contributed by atoms with E-state index in [1.54, 1.807) is 7.05 Å². The van der Waals surface area contributed by atoms with E-state index in [1.807, 2.05) is 24.3 Å². The predicted octanol–water partition coefficient (Wildman–Crippen LogP) is 1.50. The maximum Gasteiger partial charge on any atom is 0.136 e. The van der Waals surface area contributed by atoms with Crippen molar-refractivity contribution in [1.82, 2.24) is 10.3 Å². The van der Waals surface area contributed by atoms with E-state index in [0.717, 1.165) is 10.8 Å². The van der Waals surface area contributed by atoms with Crippen molar-refractivity contribution in [3.8, 4) is 0 Å². The zero-order valence-corrected chi connectivity index (χ0v) is 10.7. The third-order valence-corrected chi connectivity index (χ3v) is 3.17. The maximum atomic E-state index is 10.1. The summed E-state index contributed by atoms with van der Waals surface area (Å²) in [4.78, 5) is 4.04. The molecule has 1 heterocycles. The molecule has 0 spiro atoms. The Labute approximate surface area is 110 Å². The first-order valence-corrected chi connectivity index (χ1v) is 6.06. The topological polar surface area (TPSA) is 65.4 Å². The highest BCUT2D eigenvalue weighted by Gasteiger charge is 2.20. The molecule has 4 nitrogen and oxygen atoms in total. The van der Waals surface area contributed by atoms with E-state index in [2.05, 4.69) is 10.3 Å². The van der Waals surface area contributed by atoms with Crippen LogP contribution in [0.5, 0.6) is 0 Å². The molecule has 2 unspecified atom stereocenters. The van der Waals surface area contributed by atoms with E-state index in [1.165, 1.54) is 6.20 Å². The Morgan fingerprint density at radius 2 is 1.94 bits per heavy atom. The lowest BCUT2D eigenvalue weighted by Crippen LogP contribution is -2.29. The second-order valence-electron chi connectivity index (χ2n) is 4.12. The molecule has 0 bridgehead atoms. The number of rotatable bonds is 4. The second kappa shape index (κ2) is 5.63. The lowest BCUT2D eigenvalue weighted by atomic mass is 10.00. The third kappa shape index (κ3) is 2.47. The van der Waals surface area contributed by atoms with Crippen LogP contribution in [0, 0.1) is 0 Å². The van der Waals surface area contributed by atoms with E-state index in [0.29, 0.717) is 17.3 Å². The Bertz CT molecular complexity index is 548. The van der Waals surface area contributed by atoms with Crippen molar-refractivity contribution in [2.75, 3.05) is 13.6 Å². The minimum absolute atomic E-state index is 0.304. The van der Waals surface area contributed by atoms with Gasteiger partial charge in [-0.2, -0.15) is 0 Å². The Balaban J connectivity index is 2.48. The van der Waals surface area contributed by atoms with E-state index < -0.39 is 12.2 Å². The van der Waals surface area contributed by atoms with Crippen LogP contribution < -0.4 is 5.32 Å². The van der Waals surface area contributed by atoms with Crippen LogP contribution in [-0.2, 0) is 0 Å². The first-order valence-electron chi connectivity index (χ1n) is 5.69. The van der Waals surface area contributed by atoms with Gasteiger partial charge in [-0.15, -0.1) is 0 Å². The lowest BCUT2D eigenvalue weighted by molar-refractivity contribution is 0.0209. The summed E-state index contributed by atoms with van der Waals surface area (Å²) in [6, 6.07) is 7.41. The molecule has 0 radical (unpaired) electrons. The fourth-order valence-corrected chi connectivity index (χ4v) is 2.16. The van der Waals surface area contributed by atoms with Crippen LogP contribution >= 0.6 is 11.6 Å². The molecule has 0 aliphatic heterocycles. The zero-order valence-electron chi connectivity index (χ0n) is 9.97. The molecule has 0 fully saturated rings. The number of benzene rings is 1. The standard InChI is InChI=1S/C13H15ClN2O2/c1-15-7-11(17)12(18)10-6-16-13(14)9-5-3-2-4-8(9)10/h2-6,11-12,15,17-18H,7H2,1H3. The van der Waals surface area contributed by atoms with Crippen molar-refractivity contribution in [3.63, 3.8) is 0 Å². The highest BCUT2D eigenvalue weighted by atomic mass is 35.5. The normalized spacial score (nSPS) is 14.7. The van der Waals surface area contributed by atoms with Crippen molar-refractivity contribution >= 4 is 22.4 Å². The molecule has 1 aromatic heterocycles. The van der Waals surface area contributed by atoms with Crippen LogP contribution in [0.25, 0.3) is 10.8 Å². The molecular weight excluding hydrogens is 252 g/mol. The molecular formula is C13H15ClN2O2. The summed E-state index contributed by atoms with van der Waals surface area (Å²) in [5.41, 5.74) is 0.581. The van der Waals surface area contributed by atoms with Crippen molar-refractivity contribution in [1.29, 1.82) is 0 Å². The van der Waals surface area contributed by atoms with Crippen LogP contribution in [0.15, 0.2) is 30.5 Å². The first kappa shape index (κ1) is 13.2. The van der Waals surface area contributed by atoms with Crippen LogP contribution in [0.2, 0.25) is 5.15 Å². The fraction of sp³-hybridized carbons (Fsp3) is 0.308. The molecule has 2 aromatic rings. The molecule has 2 rings (SSSR count). The number of aromatic nitrogens is 1. The second-order valence-corrected chi connectivity index (χ2v) is 4.48. The summed E-state index contributed by atoms with van der Waals surface area (Å²) < 4.78 is 0. The minimum atomic E-state index is -0.993. The fourth-order valence-electron chi connectivity index (χ4n) is 1.94. The number of hydrogen-bond acceptors (Lipinski definition) is 4. The van der Waals surface area contributed by atoms with Crippen molar-refractivity contribution in [2.24, 2.45) is 0 Å². The maximum absolute atomic E-state index is 10.1. The van der Waals surface area contributed by atoms with Crippen molar-refractivity contribution < 1.29 is 10.2 Å². The molecule has 0 saturated heterocycles. The first-order chi connectivity index (χ1) is 8.65. The average molecular weight is 267 g/mol. The van der Waals surface area contributed by atoms with E-state index >= 15 is 0 Å². The Morgan fingerprint density at radius 1 is 1.28 bits per heavy atom. The van der Waals surface area contributed by atoms with Gasteiger partial charge in [0.1, 0.15) is 11.3 Å². The Hall–Kier alpha value is -1.20. The quantitative estimate of drug-likeness (QED) is 0.734. The Kier molecular flexibility index (Phi) is 4.14. The smallest absolute Gasteiger partial charge is 0.136 e. The van der Waals surface area contributed by atoms with Crippen LogP contribution in [0.1, 0.15) is 11.7 Å². The number of hydrogen-bond donors (Lipinski definition) is 3. The molecule has 18 heavy (non-hydrogen) atoms. The van der Waals surface area contributed by atoms with E-state index in [9.17, 15) is 10.2 Å². The Morgan fingerprint density at radius 3 is 2.61 bits per heavy atom. The summed E-state index contributed by atoms with van der Waals surface area (Å²) in [5, 5.41) is 24.8. The van der Waals surface area contributed by atoms with Gasteiger partial charge >= 0.3 is 0 Å². The van der Waals surface area contributed by atoms with Crippen LogP contribution in [-0.4, -0.2) is 34.9 Å². The third-order valence-electron chi connectivity index (χ3n) is 2.87. The summed E-state index contributed by atoms with van der Waals surface area (Å²) in [7, 11) is 1.72. The van der Waals surface area contributed by atoms with Gasteiger partial charge < -0.3 is 15.5 Å². The van der Waals surface area contributed by atoms with Crippen LogP contribution in [0.4, 0.5) is 0 Å². The number of pyridine rings is 1. The molecule has 96 valence electrons. The monoisotopic (exact) mass is 266 g/mol. The molecule has 2 atom stereocenters. The lowest BCUT2D eigenvalue weighted by Gasteiger charge is -2.19. The number of aliphatic hydroxyl groups is 2. The van der Waals surface area contributed by atoms with Gasteiger partial charge in [-0.25, -0.2) is 4.98 Å². The number of aliphatic hydroxyl groups excluding tert-OH is 2. The molecule has 0 aliphatic rings. The van der Waals surface area contributed by atoms with Gasteiger partial charge in [-0.3, -0.25) is 0 Å². The van der Waals surface area contributed by atoms with Gasteiger partial charge in [-0.05, 0) is 12.4 Å². The highest BCUT2D eigenvalue weighted by molar-refractivity contribution is 6.34. The summed E-state index contributed by atoms with van der Waals surface area (Å²) in [6.45, 7) is 0.304. The summed E-state index contributed by atoms with van der Waals surface area (Å²) >= 11 is 6.01. The highest BCUT2D eigenvalue weighted by Crippen LogP contribution is 2.29. The number of nitrogens with zero attached hydrogens (tertiary/aromatic N) is 1. The number of halogens is 1. The molecule has 0 aliphatic carbocycles. The van der Waals surface area contributed by atoms with E-state index in [4.69, 9.17) is 11.6 Å². The molecule has 0 saturated carbocycles. The van der Waals surface area contributed by atoms with E-state index in [-0.39, 0.29) is 0 Å². The van der Waals surface area contributed by atoms with Gasteiger partial charge in [0.05, 0.1) is 6.10 Å².